The molecule has 1 unspecified atom stereocenters. The maximum absolute atomic E-state index is 12.3. The van der Waals surface area contributed by atoms with Gasteiger partial charge in [-0.25, -0.2) is 13.1 Å². The van der Waals surface area contributed by atoms with Gasteiger partial charge in [-0.1, -0.05) is 20.8 Å². The Morgan fingerprint density at radius 1 is 1.32 bits per heavy atom. The number of ether oxygens (including phenoxy) is 1. The van der Waals surface area contributed by atoms with Gasteiger partial charge in [0.1, 0.15) is 5.75 Å². The van der Waals surface area contributed by atoms with Crippen LogP contribution in [-0.4, -0.2) is 21.6 Å². The Labute approximate surface area is 115 Å². The molecule has 0 radical (unpaired) electrons. The van der Waals surface area contributed by atoms with E-state index < -0.39 is 10.0 Å². The largest absolute Gasteiger partial charge is 0.495 e. The van der Waals surface area contributed by atoms with E-state index in [4.69, 9.17) is 10.5 Å². The number of sulfonamides is 1. The first kappa shape index (κ1) is 15.8. The zero-order valence-electron chi connectivity index (χ0n) is 12.0. The van der Waals surface area contributed by atoms with Gasteiger partial charge < -0.3 is 10.5 Å². The minimum Gasteiger partial charge on any atom is -0.495 e. The fourth-order valence-corrected chi connectivity index (χ4v) is 2.80. The highest BCUT2D eigenvalue weighted by Gasteiger charge is 2.26. The number of methoxy groups -OCH3 is 1. The predicted molar refractivity (Wildman–Crippen MR) is 76.6 cm³/mol. The van der Waals surface area contributed by atoms with E-state index in [0.29, 0.717) is 11.4 Å². The van der Waals surface area contributed by atoms with Crippen molar-refractivity contribution in [2.45, 2.75) is 38.6 Å². The second kappa shape index (κ2) is 5.38. The SMILES string of the molecule is COc1cc(S(=O)(=O)NC(C)C(C)(C)C)ccc1N. The van der Waals surface area contributed by atoms with Crippen LogP contribution >= 0.6 is 0 Å². The number of anilines is 1. The van der Waals surface area contributed by atoms with Crippen molar-refractivity contribution in [1.82, 2.24) is 4.72 Å². The second-order valence-corrected chi connectivity index (χ2v) is 7.33. The molecule has 0 aliphatic carbocycles. The highest BCUT2D eigenvalue weighted by molar-refractivity contribution is 7.89. The van der Waals surface area contributed by atoms with E-state index in [1.54, 1.807) is 0 Å². The van der Waals surface area contributed by atoms with Crippen LogP contribution in [0.4, 0.5) is 5.69 Å². The average molecular weight is 286 g/mol. The van der Waals surface area contributed by atoms with Crippen molar-refractivity contribution in [1.29, 1.82) is 0 Å². The van der Waals surface area contributed by atoms with Crippen LogP contribution in [0, 0.1) is 5.41 Å². The molecule has 1 aromatic carbocycles. The van der Waals surface area contributed by atoms with Crippen LogP contribution in [-0.2, 0) is 10.0 Å². The molecule has 1 aromatic rings. The van der Waals surface area contributed by atoms with Crippen molar-refractivity contribution in [2.75, 3.05) is 12.8 Å². The van der Waals surface area contributed by atoms with E-state index in [2.05, 4.69) is 4.72 Å². The van der Waals surface area contributed by atoms with Crippen LogP contribution in [0.5, 0.6) is 5.75 Å². The van der Waals surface area contributed by atoms with E-state index in [1.165, 1.54) is 25.3 Å². The molecule has 5 nitrogen and oxygen atoms in total. The number of nitrogens with one attached hydrogen (secondary N) is 1. The normalized spacial score (nSPS) is 14.2. The van der Waals surface area contributed by atoms with Gasteiger partial charge in [0, 0.05) is 12.1 Å². The van der Waals surface area contributed by atoms with Crippen LogP contribution in [0.3, 0.4) is 0 Å². The lowest BCUT2D eigenvalue weighted by atomic mass is 9.89. The van der Waals surface area contributed by atoms with Gasteiger partial charge in [0.25, 0.3) is 0 Å². The third-order valence-corrected chi connectivity index (χ3v) is 4.68. The fourth-order valence-electron chi connectivity index (χ4n) is 1.34. The summed E-state index contributed by atoms with van der Waals surface area (Å²) in [5, 5.41) is 0. The lowest BCUT2D eigenvalue weighted by Crippen LogP contribution is -2.41. The van der Waals surface area contributed by atoms with Gasteiger partial charge in [-0.15, -0.1) is 0 Å². The lowest BCUT2D eigenvalue weighted by Gasteiger charge is -2.27. The quantitative estimate of drug-likeness (QED) is 0.829. The molecule has 1 atom stereocenters. The zero-order chi connectivity index (χ0) is 14.8. The standard InChI is InChI=1S/C13H22N2O3S/c1-9(13(2,3)4)15-19(16,17)10-6-7-11(14)12(8-10)18-5/h6-9,15H,14H2,1-5H3. The van der Waals surface area contributed by atoms with Crippen molar-refractivity contribution in [3.05, 3.63) is 18.2 Å². The maximum Gasteiger partial charge on any atom is 0.240 e. The fraction of sp³-hybridized carbons (Fsp3) is 0.538. The van der Waals surface area contributed by atoms with E-state index >= 15 is 0 Å². The number of nitrogen functional groups attached to an aromatic ring is 1. The molecule has 1 rings (SSSR count). The Bertz CT molecular complexity index is 547. The summed E-state index contributed by atoms with van der Waals surface area (Å²) >= 11 is 0. The van der Waals surface area contributed by atoms with Gasteiger partial charge in [-0.2, -0.15) is 0 Å². The third kappa shape index (κ3) is 3.84. The molecule has 0 saturated heterocycles. The molecule has 0 aliphatic heterocycles. The van der Waals surface area contributed by atoms with Crippen molar-refractivity contribution < 1.29 is 13.2 Å². The molecule has 0 aromatic heterocycles. The molecular formula is C13H22N2O3S. The highest BCUT2D eigenvalue weighted by atomic mass is 32.2. The maximum atomic E-state index is 12.3. The second-order valence-electron chi connectivity index (χ2n) is 5.61. The van der Waals surface area contributed by atoms with Crippen LogP contribution < -0.4 is 15.2 Å². The van der Waals surface area contributed by atoms with E-state index in [9.17, 15) is 8.42 Å². The summed E-state index contributed by atoms with van der Waals surface area (Å²) in [6.07, 6.45) is 0. The van der Waals surface area contributed by atoms with E-state index in [0.717, 1.165) is 0 Å². The first-order chi connectivity index (χ1) is 8.58. The molecule has 3 N–H and O–H groups in total. The molecule has 108 valence electrons. The van der Waals surface area contributed by atoms with Crippen LogP contribution in [0.15, 0.2) is 23.1 Å². The minimum absolute atomic E-state index is 0.148. The Balaban J connectivity index is 3.08. The van der Waals surface area contributed by atoms with Gasteiger partial charge in [0.05, 0.1) is 17.7 Å². The van der Waals surface area contributed by atoms with Crippen LogP contribution in [0.2, 0.25) is 0 Å². The minimum atomic E-state index is -3.58. The molecule has 0 aliphatic rings. The lowest BCUT2D eigenvalue weighted by molar-refractivity contribution is 0.317. The zero-order valence-corrected chi connectivity index (χ0v) is 12.8. The molecule has 6 heteroatoms. The average Bonchev–Trinajstić information content (AvgIpc) is 2.27. The first-order valence-corrected chi connectivity index (χ1v) is 7.52. The predicted octanol–water partition coefficient (Wildman–Crippen LogP) is 1.99. The van der Waals surface area contributed by atoms with Crippen molar-refractivity contribution in [2.24, 2.45) is 5.41 Å². The van der Waals surface area contributed by atoms with Gasteiger partial charge in [-0.05, 0) is 24.5 Å². The third-order valence-electron chi connectivity index (χ3n) is 3.15. The van der Waals surface area contributed by atoms with E-state index in [1.807, 2.05) is 27.7 Å². The molecular weight excluding hydrogens is 264 g/mol. The van der Waals surface area contributed by atoms with Crippen LogP contribution in [0.1, 0.15) is 27.7 Å². The molecule has 0 heterocycles. The number of nitrogens with two attached hydrogens (primary N) is 1. The summed E-state index contributed by atoms with van der Waals surface area (Å²) in [5.41, 5.74) is 5.92. The number of rotatable bonds is 4. The van der Waals surface area contributed by atoms with Crippen LogP contribution in [0.25, 0.3) is 0 Å². The van der Waals surface area contributed by atoms with Gasteiger partial charge in [-0.3, -0.25) is 0 Å². The summed E-state index contributed by atoms with van der Waals surface area (Å²) in [6.45, 7) is 7.77. The molecule has 0 fully saturated rings. The van der Waals surface area contributed by atoms with Crippen molar-refractivity contribution >= 4 is 15.7 Å². The Morgan fingerprint density at radius 2 is 1.89 bits per heavy atom. The van der Waals surface area contributed by atoms with Crippen molar-refractivity contribution in [3.63, 3.8) is 0 Å². The topological polar surface area (TPSA) is 81.4 Å². The summed E-state index contributed by atoms with van der Waals surface area (Å²) < 4.78 is 32.2. The summed E-state index contributed by atoms with van der Waals surface area (Å²) in [4.78, 5) is 0.148. The molecule has 0 spiro atoms. The number of hydrogen-bond donors (Lipinski definition) is 2. The van der Waals surface area contributed by atoms with Gasteiger partial charge in [0.15, 0.2) is 0 Å². The summed E-state index contributed by atoms with van der Waals surface area (Å²) in [5.74, 6) is 0.353. The summed E-state index contributed by atoms with van der Waals surface area (Å²) in [7, 11) is -2.13. The highest BCUT2D eigenvalue weighted by Crippen LogP contribution is 2.26. The number of hydrogen-bond acceptors (Lipinski definition) is 4. The van der Waals surface area contributed by atoms with Gasteiger partial charge >= 0.3 is 0 Å². The Kier molecular flexibility index (Phi) is 4.47. The summed E-state index contributed by atoms with van der Waals surface area (Å²) in [6, 6.07) is 4.22. The Hall–Kier alpha value is -1.27. The molecule has 19 heavy (non-hydrogen) atoms. The number of benzene rings is 1. The molecule has 0 bridgehead atoms. The molecule has 0 amide bonds. The Morgan fingerprint density at radius 3 is 2.37 bits per heavy atom. The van der Waals surface area contributed by atoms with Gasteiger partial charge in [0.2, 0.25) is 10.0 Å². The first-order valence-electron chi connectivity index (χ1n) is 6.04. The smallest absolute Gasteiger partial charge is 0.240 e. The van der Waals surface area contributed by atoms with Crippen molar-refractivity contribution in [3.8, 4) is 5.75 Å². The molecule has 0 saturated carbocycles. The van der Waals surface area contributed by atoms with E-state index in [-0.39, 0.29) is 16.4 Å². The monoisotopic (exact) mass is 286 g/mol.